The van der Waals surface area contributed by atoms with Crippen LogP contribution in [0.2, 0.25) is 0 Å². The third-order valence-electron chi connectivity index (χ3n) is 2.24. The van der Waals surface area contributed by atoms with Crippen LogP contribution < -0.4 is 5.14 Å². The second kappa shape index (κ2) is 3.33. The van der Waals surface area contributed by atoms with Crippen molar-refractivity contribution in [1.82, 2.24) is 4.57 Å². The number of hydrogen-bond acceptors (Lipinski definition) is 2. The smallest absolute Gasteiger partial charge is 0.238 e. The summed E-state index contributed by atoms with van der Waals surface area (Å²) in [5.41, 5.74) is 0.827. The molecule has 0 spiro atoms. The van der Waals surface area contributed by atoms with Gasteiger partial charge in [0.15, 0.2) is 0 Å². The predicted molar refractivity (Wildman–Crippen MR) is 62.0 cm³/mol. The summed E-state index contributed by atoms with van der Waals surface area (Å²) in [6, 6.07) is 4.80. The van der Waals surface area contributed by atoms with Gasteiger partial charge in [-0.15, -0.1) is 0 Å². The van der Waals surface area contributed by atoms with Gasteiger partial charge < -0.3 is 4.57 Å². The van der Waals surface area contributed by atoms with Gasteiger partial charge in [0.1, 0.15) is 0 Å². The summed E-state index contributed by atoms with van der Waals surface area (Å²) in [4.78, 5) is 0.128. The summed E-state index contributed by atoms with van der Waals surface area (Å²) in [7, 11) is -1.78. The van der Waals surface area contributed by atoms with Crippen molar-refractivity contribution in [3.8, 4) is 0 Å². The van der Waals surface area contributed by atoms with Crippen molar-refractivity contribution in [3.63, 3.8) is 0 Å². The van der Waals surface area contributed by atoms with Gasteiger partial charge in [-0.2, -0.15) is 0 Å². The summed E-state index contributed by atoms with van der Waals surface area (Å²) >= 11 is 3.39. The molecule has 1 aromatic heterocycles. The molecule has 0 bridgehead atoms. The Balaban J connectivity index is 2.82. The Labute approximate surface area is 95.9 Å². The summed E-state index contributed by atoms with van der Waals surface area (Å²) in [6.07, 6.45) is 1.87. The molecule has 2 aromatic rings. The molecule has 0 fully saturated rings. The van der Waals surface area contributed by atoms with Crippen molar-refractivity contribution in [2.45, 2.75) is 4.90 Å². The zero-order chi connectivity index (χ0) is 11.2. The fourth-order valence-corrected chi connectivity index (χ4v) is 2.67. The number of aryl methyl sites for hydroxylation is 1. The second-order valence-electron chi connectivity index (χ2n) is 3.31. The van der Waals surface area contributed by atoms with E-state index in [0.29, 0.717) is 0 Å². The van der Waals surface area contributed by atoms with Gasteiger partial charge in [-0.3, -0.25) is 0 Å². The average molecular weight is 289 g/mol. The Morgan fingerprint density at radius 1 is 1.40 bits per heavy atom. The van der Waals surface area contributed by atoms with Gasteiger partial charge in [0.05, 0.1) is 10.4 Å². The first-order valence-electron chi connectivity index (χ1n) is 4.17. The van der Waals surface area contributed by atoms with Gasteiger partial charge in [0.2, 0.25) is 10.0 Å². The zero-order valence-electron chi connectivity index (χ0n) is 7.94. The topological polar surface area (TPSA) is 65.1 Å². The molecule has 0 radical (unpaired) electrons. The molecule has 15 heavy (non-hydrogen) atoms. The fourth-order valence-electron chi connectivity index (χ4n) is 1.49. The van der Waals surface area contributed by atoms with Crippen LogP contribution in [0.1, 0.15) is 0 Å². The van der Waals surface area contributed by atoms with Gasteiger partial charge in [0, 0.05) is 23.1 Å². The monoisotopic (exact) mass is 288 g/mol. The number of primary sulfonamides is 1. The highest BCUT2D eigenvalue weighted by molar-refractivity contribution is 9.10. The molecule has 2 N–H and O–H groups in total. The number of nitrogens with two attached hydrogens (primary N) is 1. The molecule has 2 rings (SSSR count). The quantitative estimate of drug-likeness (QED) is 0.866. The van der Waals surface area contributed by atoms with E-state index in [-0.39, 0.29) is 4.90 Å². The van der Waals surface area contributed by atoms with Crippen LogP contribution >= 0.6 is 15.9 Å². The van der Waals surface area contributed by atoms with E-state index >= 15 is 0 Å². The van der Waals surface area contributed by atoms with Gasteiger partial charge >= 0.3 is 0 Å². The minimum Gasteiger partial charge on any atom is -0.349 e. The van der Waals surface area contributed by atoms with E-state index in [0.717, 1.165) is 15.4 Å². The van der Waals surface area contributed by atoms with Crippen molar-refractivity contribution in [2.75, 3.05) is 0 Å². The molecule has 0 saturated heterocycles. The first kappa shape index (κ1) is 10.7. The number of benzene rings is 1. The van der Waals surface area contributed by atoms with Crippen LogP contribution in [0.25, 0.3) is 10.9 Å². The highest BCUT2D eigenvalue weighted by atomic mass is 79.9. The molecule has 0 saturated carbocycles. The van der Waals surface area contributed by atoms with Crippen LogP contribution in [0.4, 0.5) is 0 Å². The SMILES string of the molecule is Cn1cc(Br)c2ccc(S(N)(=O)=O)cc21. The molecule has 1 heterocycles. The van der Waals surface area contributed by atoms with Crippen molar-refractivity contribution >= 4 is 36.9 Å². The first-order chi connectivity index (χ1) is 6.89. The lowest BCUT2D eigenvalue weighted by molar-refractivity contribution is 0.598. The zero-order valence-corrected chi connectivity index (χ0v) is 10.3. The Kier molecular flexibility index (Phi) is 2.37. The lowest BCUT2D eigenvalue weighted by Gasteiger charge is -2.00. The third-order valence-corrected chi connectivity index (χ3v) is 3.78. The number of aromatic nitrogens is 1. The van der Waals surface area contributed by atoms with Crippen molar-refractivity contribution in [1.29, 1.82) is 0 Å². The van der Waals surface area contributed by atoms with Crippen LogP contribution in [0, 0.1) is 0 Å². The van der Waals surface area contributed by atoms with E-state index in [4.69, 9.17) is 5.14 Å². The summed E-state index contributed by atoms with van der Waals surface area (Å²) in [6.45, 7) is 0. The molecule has 0 atom stereocenters. The Bertz CT molecular complexity index is 631. The average Bonchev–Trinajstić information content (AvgIpc) is 2.41. The lowest BCUT2D eigenvalue weighted by atomic mass is 10.2. The predicted octanol–water partition coefficient (Wildman–Crippen LogP) is 1.59. The summed E-state index contributed by atoms with van der Waals surface area (Å²) in [5, 5.41) is 6.02. The molecular weight excluding hydrogens is 280 g/mol. The maximum atomic E-state index is 11.2. The van der Waals surface area contributed by atoms with Crippen LogP contribution in [-0.4, -0.2) is 13.0 Å². The van der Waals surface area contributed by atoms with Crippen LogP contribution in [0.3, 0.4) is 0 Å². The standard InChI is InChI=1S/C9H9BrN2O2S/c1-12-5-8(10)7-3-2-6(4-9(7)12)15(11,13)14/h2-5H,1H3,(H2,11,13,14). The summed E-state index contributed by atoms with van der Waals surface area (Å²) in [5.74, 6) is 0. The number of fused-ring (bicyclic) bond motifs is 1. The van der Waals surface area contributed by atoms with Crippen molar-refractivity contribution < 1.29 is 8.42 Å². The number of halogens is 1. The molecule has 1 aromatic carbocycles. The van der Waals surface area contributed by atoms with E-state index < -0.39 is 10.0 Å². The minimum absolute atomic E-state index is 0.128. The van der Waals surface area contributed by atoms with E-state index in [2.05, 4.69) is 15.9 Å². The Morgan fingerprint density at radius 3 is 2.67 bits per heavy atom. The van der Waals surface area contributed by atoms with E-state index in [1.165, 1.54) is 6.07 Å². The second-order valence-corrected chi connectivity index (χ2v) is 5.73. The number of hydrogen-bond donors (Lipinski definition) is 1. The maximum absolute atomic E-state index is 11.2. The first-order valence-corrected chi connectivity index (χ1v) is 6.51. The minimum atomic E-state index is -3.63. The molecule has 0 unspecified atom stereocenters. The normalized spacial score (nSPS) is 12.2. The van der Waals surface area contributed by atoms with E-state index in [9.17, 15) is 8.42 Å². The van der Waals surface area contributed by atoms with Crippen LogP contribution in [0.5, 0.6) is 0 Å². The molecular formula is C9H9BrN2O2S. The largest absolute Gasteiger partial charge is 0.349 e. The number of sulfonamides is 1. The Morgan fingerprint density at radius 2 is 2.07 bits per heavy atom. The number of nitrogens with zero attached hydrogens (tertiary/aromatic N) is 1. The van der Waals surface area contributed by atoms with Gasteiger partial charge in [-0.25, -0.2) is 13.6 Å². The van der Waals surface area contributed by atoms with E-state index in [1.54, 1.807) is 12.1 Å². The molecule has 0 aliphatic heterocycles. The molecule has 6 heteroatoms. The van der Waals surface area contributed by atoms with Crippen molar-refractivity contribution in [3.05, 3.63) is 28.9 Å². The van der Waals surface area contributed by atoms with E-state index in [1.807, 2.05) is 17.8 Å². The highest BCUT2D eigenvalue weighted by Gasteiger charge is 2.11. The summed E-state index contributed by atoms with van der Waals surface area (Å²) < 4.78 is 25.1. The van der Waals surface area contributed by atoms with Crippen LogP contribution in [0.15, 0.2) is 33.8 Å². The van der Waals surface area contributed by atoms with Gasteiger partial charge in [-0.1, -0.05) is 6.07 Å². The Hall–Kier alpha value is -0.850. The van der Waals surface area contributed by atoms with Crippen LogP contribution in [-0.2, 0) is 17.1 Å². The highest BCUT2D eigenvalue weighted by Crippen LogP contribution is 2.27. The maximum Gasteiger partial charge on any atom is 0.238 e. The fraction of sp³-hybridized carbons (Fsp3) is 0.111. The number of rotatable bonds is 1. The van der Waals surface area contributed by atoms with Gasteiger partial charge in [-0.05, 0) is 28.1 Å². The third kappa shape index (κ3) is 1.80. The molecule has 80 valence electrons. The lowest BCUT2D eigenvalue weighted by Crippen LogP contribution is -2.11. The van der Waals surface area contributed by atoms with Crippen molar-refractivity contribution in [2.24, 2.45) is 12.2 Å². The molecule has 0 aliphatic carbocycles. The van der Waals surface area contributed by atoms with Gasteiger partial charge in [0.25, 0.3) is 0 Å². The molecule has 0 aliphatic rings. The molecule has 4 nitrogen and oxygen atoms in total. The molecule has 0 amide bonds.